The minimum Gasteiger partial charge on any atom is -0.366 e. The maximum Gasteiger partial charge on any atom is 0.138 e. The first kappa shape index (κ1) is 15.3. The lowest BCUT2D eigenvalue weighted by Crippen LogP contribution is -2.10. The Kier molecular flexibility index (Phi) is 4.24. The maximum atomic E-state index is 5.01. The second-order valence-corrected chi connectivity index (χ2v) is 6.88. The molecule has 2 aromatic heterocycles. The Balaban J connectivity index is 1.72. The van der Waals surface area contributed by atoms with Crippen molar-refractivity contribution in [3.05, 3.63) is 65.5 Å². The third-order valence-corrected chi connectivity index (χ3v) is 5.16. The summed E-state index contributed by atoms with van der Waals surface area (Å²) in [4.78, 5) is 5.01. The van der Waals surface area contributed by atoms with Crippen LogP contribution in [0.3, 0.4) is 0 Å². The van der Waals surface area contributed by atoms with E-state index in [1.54, 1.807) is 0 Å². The van der Waals surface area contributed by atoms with Crippen LogP contribution < -0.4 is 5.32 Å². The molecule has 1 N–H and O–H groups in total. The number of anilines is 1. The molecule has 1 saturated carbocycles. The molecule has 0 unspecified atom stereocenters. The molecule has 2 heterocycles. The molecule has 0 radical (unpaired) electrons. The molecule has 0 atom stereocenters. The van der Waals surface area contributed by atoms with E-state index < -0.39 is 0 Å². The standard InChI is InChI=1S/C21H25N3/c1-16-9-8-14-19-23-20(18-12-6-3-7-13-18)21(24(16)19)22-15-17-10-4-2-5-11-17/h2,4-5,8-11,14,18,22H,3,6-7,12-13,15H2,1H3. The summed E-state index contributed by atoms with van der Waals surface area (Å²) in [5.74, 6) is 1.79. The van der Waals surface area contributed by atoms with Gasteiger partial charge in [-0.25, -0.2) is 4.98 Å². The normalized spacial score (nSPS) is 15.7. The highest BCUT2D eigenvalue weighted by Gasteiger charge is 2.23. The monoisotopic (exact) mass is 319 g/mol. The van der Waals surface area contributed by atoms with Gasteiger partial charge in [0.1, 0.15) is 11.5 Å². The lowest BCUT2D eigenvalue weighted by molar-refractivity contribution is 0.438. The van der Waals surface area contributed by atoms with E-state index in [4.69, 9.17) is 4.98 Å². The lowest BCUT2D eigenvalue weighted by Gasteiger charge is -2.21. The van der Waals surface area contributed by atoms with Gasteiger partial charge in [-0.1, -0.05) is 55.7 Å². The number of aromatic nitrogens is 2. The molecule has 3 heteroatoms. The Hall–Kier alpha value is -2.29. The van der Waals surface area contributed by atoms with Crippen LogP contribution in [-0.4, -0.2) is 9.38 Å². The molecule has 0 saturated heterocycles. The summed E-state index contributed by atoms with van der Waals surface area (Å²) in [5.41, 5.74) is 4.86. The van der Waals surface area contributed by atoms with E-state index in [1.165, 1.54) is 54.9 Å². The molecule has 3 nitrogen and oxygen atoms in total. The van der Waals surface area contributed by atoms with Crippen LogP contribution in [0.2, 0.25) is 0 Å². The first-order valence-electron chi connectivity index (χ1n) is 9.09. The Bertz CT molecular complexity index is 814. The van der Waals surface area contributed by atoms with Gasteiger partial charge in [0.15, 0.2) is 0 Å². The molecule has 0 aliphatic heterocycles. The number of fused-ring (bicyclic) bond motifs is 1. The Morgan fingerprint density at radius 3 is 2.58 bits per heavy atom. The fourth-order valence-corrected chi connectivity index (χ4v) is 3.88. The first-order chi connectivity index (χ1) is 11.8. The second-order valence-electron chi connectivity index (χ2n) is 6.88. The van der Waals surface area contributed by atoms with E-state index in [2.05, 4.69) is 65.2 Å². The van der Waals surface area contributed by atoms with Crippen molar-refractivity contribution in [2.45, 2.75) is 51.5 Å². The van der Waals surface area contributed by atoms with Crippen LogP contribution in [0.25, 0.3) is 5.65 Å². The predicted octanol–water partition coefficient (Wildman–Crippen LogP) is 5.30. The maximum absolute atomic E-state index is 5.01. The number of rotatable bonds is 4. The summed E-state index contributed by atoms with van der Waals surface area (Å²) in [7, 11) is 0. The quantitative estimate of drug-likeness (QED) is 0.707. The number of nitrogens with one attached hydrogen (secondary N) is 1. The molecular formula is C21H25N3. The molecular weight excluding hydrogens is 294 g/mol. The average molecular weight is 319 g/mol. The highest BCUT2D eigenvalue weighted by Crippen LogP contribution is 2.37. The van der Waals surface area contributed by atoms with Crippen LogP contribution in [0.4, 0.5) is 5.82 Å². The zero-order chi connectivity index (χ0) is 16.4. The summed E-state index contributed by atoms with van der Waals surface area (Å²) in [5, 5.41) is 3.69. The van der Waals surface area contributed by atoms with Crippen LogP contribution in [0, 0.1) is 6.92 Å². The SMILES string of the molecule is Cc1cccc2nc(C3CCCCC3)c(NCc3ccccc3)n12. The molecule has 24 heavy (non-hydrogen) atoms. The van der Waals surface area contributed by atoms with Gasteiger partial charge in [-0.2, -0.15) is 0 Å². The first-order valence-corrected chi connectivity index (χ1v) is 9.09. The zero-order valence-electron chi connectivity index (χ0n) is 14.3. The fourth-order valence-electron chi connectivity index (χ4n) is 3.88. The summed E-state index contributed by atoms with van der Waals surface area (Å²) in [6.45, 7) is 3.00. The van der Waals surface area contributed by atoms with Crippen LogP contribution in [0.15, 0.2) is 48.5 Å². The largest absolute Gasteiger partial charge is 0.366 e. The topological polar surface area (TPSA) is 29.3 Å². The van der Waals surface area contributed by atoms with E-state index in [0.717, 1.165) is 12.2 Å². The molecule has 0 spiro atoms. The number of imidazole rings is 1. The summed E-state index contributed by atoms with van der Waals surface area (Å²) in [6, 6.07) is 17.0. The molecule has 1 aromatic carbocycles. The zero-order valence-corrected chi connectivity index (χ0v) is 14.3. The van der Waals surface area contributed by atoms with E-state index in [-0.39, 0.29) is 0 Å². The van der Waals surface area contributed by atoms with Gasteiger partial charge in [0.25, 0.3) is 0 Å². The van der Waals surface area contributed by atoms with Crippen molar-refractivity contribution in [2.24, 2.45) is 0 Å². The number of benzene rings is 1. The smallest absolute Gasteiger partial charge is 0.138 e. The highest BCUT2D eigenvalue weighted by atomic mass is 15.1. The third-order valence-electron chi connectivity index (χ3n) is 5.16. The van der Waals surface area contributed by atoms with Crippen LogP contribution in [0.5, 0.6) is 0 Å². The molecule has 124 valence electrons. The van der Waals surface area contributed by atoms with Gasteiger partial charge in [-0.3, -0.25) is 4.40 Å². The highest BCUT2D eigenvalue weighted by molar-refractivity contribution is 5.58. The number of aryl methyl sites for hydroxylation is 1. The van der Waals surface area contributed by atoms with Crippen LogP contribution >= 0.6 is 0 Å². The van der Waals surface area contributed by atoms with E-state index in [1.807, 2.05) is 0 Å². The van der Waals surface area contributed by atoms with Crippen molar-refractivity contribution < 1.29 is 0 Å². The van der Waals surface area contributed by atoms with Gasteiger partial charge in [-0.15, -0.1) is 0 Å². The van der Waals surface area contributed by atoms with E-state index >= 15 is 0 Å². The molecule has 1 aliphatic rings. The molecule has 1 aliphatic carbocycles. The Morgan fingerprint density at radius 2 is 1.79 bits per heavy atom. The van der Waals surface area contributed by atoms with Crippen molar-refractivity contribution in [3.8, 4) is 0 Å². The average Bonchev–Trinajstić information content (AvgIpc) is 3.01. The van der Waals surface area contributed by atoms with Crippen molar-refractivity contribution in [3.63, 3.8) is 0 Å². The van der Waals surface area contributed by atoms with Gasteiger partial charge in [0.05, 0.1) is 5.69 Å². The fraction of sp³-hybridized carbons (Fsp3) is 0.381. The number of hydrogen-bond donors (Lipinski definition) is 1. The summed E-state index contributed by atoms with van der Waals surface area (Å²) >= 11 is 0. The Morgan fingerprint density at radius 1 is 1.00 bits per heavy atom. The van der Waals surface area contributed by atoms with E-state index in [0.29, 0.717) is 5.92 Å². The molecule has 0 amide bonds. The van der Waals surface area contributed by atoms with Gasteiger partial charge < -0.3 is 5.32 Å². The minimum atomic E-state index is 0.594. The van der Waals surface area contributed by atoms with Crippen LogP contribution in [-0.2, 0) is 6.54 Å². The molecule has 4 rings (SSSR count). The van der Waals surface area contributed by atoms with Crippen molar-refractivity contribution >= 4 is 11.5 Å². The number of pyridine rings is 1. The second kappa shape index (κ2) is 6.68. The minimum absolute atomic E-state index is 0.594. The lowest BCUT2D eigenvalue weighted by atomic mass is 9.87. The van der Waals surface area contributed by atoms with Crippen molar-refractivity contribution in [1.29, 1.82) is 0 Å². The summed E-state index contributed by atoms with van der Waals surface area (Å²) < 4.78 is 2.28. The number of nitrogens with zero attached hydrogens (tertiary/aromatic N) is 2. The number of hydrogen-bond acceptors (Lipinski definition) is 2. The Labute approximate surface area is 143 Å². The van der Waals surface area contributed by atoms with Crippen LogP contribution in [0.1, 0.15) is 55.0 Å². The van der Waals surface area contributed by atoms with Gasteiger partial charge in [0, 0.05) is 18.2 Å². The van der Waals surface area contributed by atoms with Gasteiger partial charge in [-0.05, 0) is 37.5 Å². The molecule has 3 aromatic rings. The predicted molar refractivity (Wildman–Crippen MR) is 99.5 cm³/mol. The van der Waals surface area contributed by atoms with Gasteiger partial charge >= 0.3 is 0 Å². The molecule has 1 fully saturated rings. The van der Waals surface area contributed by atoms with Crippen molar-refractivity contribution in [2.75, 3.05) is 5.32 Å². The third kappa shape index (κ3) is 2.91. The summed E-state index contributed by atoms with van der Waals surface area (Å²) in [6.07, 6.45) is 6.56. The molecule has 0 bridgehead atoms. The van der Waals surface area contributed by atoms with Crippen molar-refractivity contribution in [1.82, 2.24) is 9.38 Å². The van der Waals surface area contributed by atoms with Gasteiger partial charge in [0.2, 0.25) is 0 Å². The van der Waals surface area contributed by atoms with E-state index in [9.17, 15) is 0 Å².